The molecule has 0 amide bonds. The molecule has 1 fully saturated rings. The fourth-order valence-electron chi connectivity index (χ4n) is 2.67. The molecule has 1 saturated heterocycles. The molecule has 2 N–H and O–H groups in total. The minimum absolute atomic E-state index is 0.454. The monoisotopic (exact) mass is 242 g/mol. The Morgan fingerprint density at radius 3 is 2.71 bits per heavy atom. The molecule has 0 aromatic rings. The Morgan fingerprint density at radius 2 is 2.18 bits per heavy atom. The molecule has 0 aromatic carbocycles. The Bertz CT molecular complexity index is 181. The Balaban J connectivity index is 2.32. The van der Waals surface area contributed by atoms with Crippen molar-refractivity contribution in [1.29, 1.82) is 0 Å². The average Bonchev–Trinajstić information content (AvgIpc) is 2.85. The maximum absolute atomic E-state index is 5.92. The summed E-state index contributed by atoms with van der Waals surface area (Å²) < 4.78 is 5.72. The predicted molar refractivity (Wildman–Crippen MR) is 73.2 cm³/mol. The van der Waals surface area contributed by atoms with Crippen LogP contribution in [-0.4, -0.2) is 43.3 Å². The highest BCUT2D eigenvalue weighted by Crippen LogP contribution is 2.16. The van der Waals surface area contributed by atoms with Crippen LogP contribution in [0.1, 0.15) is 52.4 Å². The first-order chi connectivity index (χ1) is 8.31. The molecule has 1 heterocycles. The predicted octanol–water partition coefficient (Wildman–Crippen LogP) is 2.39. The van der Waals surface area contributed by atoms with Crippen molar-refractivity contribution < 1.29 is 4.74 Å². The van der Waals surface area contributed by atoms with E-state index in [1.807, 2.05) is 0 Å². The zero-order valence-corrected chi connectivity index (χ0v) is 11.7. The molecule has 1 rings (SSSR count). The lowest BCUT2D eigenvalue weighted by Gasteiger charge is -2.31. The summed E-state index contributed by atoms with van der Waals surface area (Å²) in [6.07, 6.45) is 8.07. The van der Waals surface area contributed by atoms with Gasteiger partial charge in [0.2, 0.25) is 0 Å². The molecule has 17 heavy (non-hydrogen) atoms. The summed E-state index contributed by atoms with van der Waals surface area (Å²) in [5.41, 5.74) is 5.92. The zero-order chi connectivity index (χ0) is 12.5. The van der Waals surface area contributed by atoms with E-state index < -0.39 is 0 Å². The van der Waals surface area contributed by atoms with Crippen LogP contribution in [0, 0.1) is 0 Å². The van der Waals surface area contributed by atoms with Gasteiger partial charge in [-0.2, -0.15) is 0 Å². The van der Waals surface area contributed by atoms with E-state index in [0.717, 1.165) is 26.2 Å². The van der Waals surface area contributed by atoms with Crippen molar-refractivity contribution in [3.8, 4) is 0 Å². The van der Waals surface area contributed by atoms with Crippen LogP contribution in [-0.2, 0) is 4.74 Å². The van der Waals surface area contributed by atoms with Crippen molar-refractivity contribution in [2.24, 2.45) is 5.73 Å². The molecule has 1 aliphatic heterocycles. The normalized spacial score (nSPS) is 22.2. The summed E-state index contributed by atoms with van der Waals surface area (Å²) >= 11 is 0. The standard InChI is InChI=1S/C14H30N2O/c1-3-5-6-8-13(11-15)16(4-2)12-14-9-7-10-17-14/h13-14H,3-12,15H2,1-2H3. The van der Waals surface area contributed by atoms with Gasteiger partial charge in [0.05, 0.1) is 6.10 Å². The summed E-state index contributed by atoms with van der Waals surface area (Å²) in [7, 11) is 0. The van der Waals surface area contributed by atoms with Crippen molar-refractivity contribution in [2.45, 2.75) is 64.5 Å². The number of rotatable bonds is 9. The summed E-state index contributed by atoms with van der Waals surface area (Å²) in [5, 5.41) is 0. The van der Waals surface area contributed by atoms with Gasteiger partial charge >= 0.3 is 0 Å². The van der Waals surface area contributed by atoms with E-state index in [9.17, 15) is 0 Å². The van der Waals surface area contributed by atoms with Gasteiger partial charge in [-0.05, 0) is 25.8 Å². The van der Waals surface area contributed by atoms with Crippen molar-refractivity contribution in [3.05, 3.63) is 0 Å². The van der Waals surface area contributed by atoms with Gasteiger partial charge in [0, 0.05) is 25.7 Å². The quantitative estimate of drug-likeness (QED) is 0.631. The third-order valence-electron chi connectivity index (χ3n) is 3.80. The Kier molecular flexibility index (Phi) is 7.82. The highest BCUT2D eigenvalue weighted by molar-refractivity contribution is 4.77. The minimum Gasteiger partial charge on any atom is -0.377 e. The maximum Gasteiger partial charge on any atom is 0.0702 e. The molecule has 2 unspecified atom stereocenters. The number of hydrogen-bond donors (Lipinski definition) is 1. The first-order valence-electron chi connectivity index (χ1n) is 7.37. The Labute approximate surface area is 107 Å². The first kappa shape index (κ1) is 14.9. The van der Waals surface area contributed by atoms with E-state index in [0.29, 0.717) is 12.1 Å². The fraction of sp³-hybridized carbons (Fsp3) is 1.00. The number of ether oxygens (including phenoxy) is 1. The average molecular weight is 242 g/mol. The van der Waals surface area contributed by atoms with Gasteiger partial charge in [-0.3, -0.25) is 4.90 Å². The third-order valence-corrected chi connectivity index (χ3v) is 3.80. The van der Waals surface area contributed by atoms with Crippen LogP contribution in [0.2, 0.25) is 0 Å². The summed E-state index contributed by atoms with van der Waals surface area (Å²) in [5.74, 6) is 0. The highest BCUT2D eigenvalue weighted by Gasteiger charge is 2.22. The Hall–Kier alpha value is -0.120. The molecule has 0 saturated carbocycles. The van der Waals surface area contributed by atoms with Crippen LogP contribution < -0.4 is 5.73 Å². The van der Waals surface area contributed by atoms with Crippen LogP contribution in [0.3, 0.4) is 0 Å². The first-order valence-corrected chi connectivity index (χ1v) is 7.37. The third kappa shape index (κ3) is 5.36. The van der Waals surface area contributed by atoms with Crippen LogP contribution in [0.15, 0.2) is 0 Å². The van der Waals surface area contributed by atoms with Gasteiger partial charge < -0.3 is 10.5 Å². The van der Waals surface area contributed by atoms with Gasteiger partial charge in [0.25, 0.3) is 0 Å². The lowest BCUT2D eigenvalue weighted by molar-refractivity contribution is 0.0583. The van der Waals surface area contributed by atoms with Crippen molar-refractivity contribution >= 4 is 0 Å². The number of hydrogen-bond acceptors (Lipinski definition) is 3. The summed E-state index contributed by atoms with van der Waals surface area (Å²) in [6.45, 7) is 8.38. The van der Waals surface area contributed by atoms with Gasteiger partial charge in [-0.25, -0.2) is 0 Å². The summed E-state index contributed by atoms with van der Waals surface area (Å²) in [6, 6.07) is 0.552. The molecule has 0 aliphatic carbocycles. The van der Waals surface area contributed by atoms with Crippen LogP contribution in [0.4, 0.5) is 0 Å². The van der Waals surface area contributed by atoms with Crippen molar-refractivity contribution in [2.75, 3.05) is 26.2 Å². The maximum atomic E-state index is 5.92. The topological polar surface area (TPSA) is 38.5 Å². The minimum atomic E-state index is 0.454. The molecule has 0 bridgehead atoms. The Morgan fingerprint density at radius 1 is 1.35 bits per heavy atom. The van der Waals surface area contributed by atoms with Crippen molar-refractivity contribution in [1.82, 2.24) is 4.90 Å². The van der Waals surface area contributed by atoms with Crippen molar-refractivity contribution in [3.63, 3.8) is 0 Å². The number of unbranched alkanes of at least 4 members (excludes halogenated alkanes) is 2. The van der Waals surface area contributed by atoms with Crippen LogP contribution in [0.5, 0.6) is 0 Å². The molecule has 3 heteroatoms. The van der Waals surface area contributed by atoms with E-state index in [4.69, 9.17) is 10.5 Å². The SMILES string of the molecule is CCCCCC(CN)N(CC)CC1CCCO1. The largest absolute Gasteiger partial charge is 0.377 e. The second-order valence-corrected chi connectivity index (χ2v) is 5.11. The molecule has 2 atom stereocenters. The van der Waals surface area contributed by atoms with E-state index in [2.05, 4.69) is 18.7 Å². The smallest absolute Gasteiger partial charge is 0.0702 e. The van der Waals surface area contributed by atoms with E-state index in [1.165, 1.54) is 38.5 Å². The van der Waals surface area contributed by atoms with E-state index in [1.54, 1.807) is 0 Å². The highest BCUT2D eigenvalue weighted by atomic mass is 16.5. The van der Waals surface area contributed by atoms with Crippen LogP contribution >= 0.6 is 0 Å². The second kappa shape index (κ2) is 8.90. The van der Waals surface area contributed by atoms with Gasteiger partial charge in [-0.15, -0.1) is 0 Å². The molecule has 0 radical (unpaired) electrons. The van der Waals surface area contributed by atoms with Gasteiger partial charge in [0.15, 0.2) is 0 Å². The lowest BCUT2D eigenvalue weighted by atomic mass is 10.1. The molecular formula is C14H30N2O. The summed E-state index contributed by atoms with van der Waals surface area (Å²) in [4.78, 5) is 2.52. The van der Waals surface area contributed by atoms with Gasteiger partial charge in [-0.1, -0.05) is 33.1 Å². The molecule has 0 spiro atoms. The van der Waals surface area contributed by atoms with Gasteiger partial charge in [0.1, 0.15) is 0 Å². The lowest BCUT2D eigenvalue weighted by Crippen LogP contribution is -2.44. The molecule has 0 aromatic heterocycles. The molecule has 3 nitrogen and oxygen atoms in total. The number of likely N-dealkylation sites (N-methyl/N-ethyl adjacent to an activating group) is 1. The van der Waals surface area contributed by atoms with E-state index in [-0.39, 0.29) is 0 Å². The molecule has 102 valence electrons. The zero-order valence-electron chi connectivity index (χ0n) is 11.7. The fourth-order valence-corrected chi connectivity index (χ4v) is 2.67. The van der Waals surface area contributed by atoms with E-state index >= 15 is 0 Å². The second-order valence-electron chi connectivity index (χ2n) is 5.11. The molecule has 1 aliphatic rings. The number of nitrogens with two attached hydrogens (primary N) is 1. The van der Waals surface area contributed by atoms with Crippen LogP contribution in [0.25, 0.3) is 0 Å². The number of nitrogens with zero attached hydrogens (tertiary/aromatic N) is 1. The molecular weight excluding hydrogens is 212 g/mol.